The number of hydrogen-bond acceptors (Lipinski definition) is 3. The van der Waals surface area contributed by atoms with Gasteiger partial charge in [-0.05, 0) is 30.3 Å². The Kier molecular flexibility index (Phi) is 4.31. The van der Waals surface area contributed by atoms with E-state index in [-0.39, 0.29) is 0 Å². The second-order valence-corrected chi connectivity index (χ2v) is 4.97. The Morgan fingerprint density at radius 2 is 1.95 bits per heavy atom. The summed E-state index contributed by atoms with van der Waals surface area (Å²) in [5.41, 5.74) is 0.414. The van der Waals surface area contributed by atoms with Crippen LogP contribution in [0.25, 0.3) is 0 Å². The van der Waals surface area contributed by atoms with Gasteiger partial charge in [0.05, 0.1) is 17.7 Å². The van der Waals surface area contributed by atoms with E-state index in [2.05, 4.69) is 22.0 Å². The summed E-state index contributed by atoms with van der Waals surface area (Å²) >= 11 is 9.40. The van der Waals surface area contributed by atoms with Gasteiger partial charge in [-0.15, -0.1) is 0 Å². The Balaban J connectivity index is 2.42. The van der Waals surface area contributed by atoms with E-state index < -0.39 is 0 Å². The third-order valence-electron chi connectivity index (χ3n) is 2.42. The Morgan fingerprint density at radius 3 is 2.63 bits per heavy atom. The first-order valence-electron chi connectivity index (χ1n) is 5.35. The van der Waals surface area contributed by atoms with E-state index in [1.165, 1.54) is 0 Å². The van der Waals surface area contributed by atoms with Crippen molar-refractivity contribution in [3.63, 3.8) is 0 Å². The van der Waals surface area contributed by atoms with Crippen molar-refractivity contribution in [2.75, 3.05) is 7.11 Å². The van der Waals surface area contributed by atoms with Crippen molar-refractivity contribution in [2.45, 2.75) is 0 Å². The molecule has 0 aliphatic carbocycles. The van der Waals surface area contributed by atoms with Gasteiger partial charge in [-0.2, -0.15) is 5.26 Å². The van der Waals surface area contributed by atoms with Crippen LogP contribution in [-0.4, -0.2) is 7.11 Å². The molecule has 0 aromatic heterocycles. The van der Waals surface area contributed by atoms with Gasteiger partial charge in [0.25, 0.3) is 0 Å². The van der Waals surface area contributed by atoms with Crippen LogP contribution in [0, 0.1) is 11.3 Å². The molecule has 0 radical (unpaired) electrons. The number of rotatable bonds is 3. The van der Waals surface area contributed by atoms with E-state index in [0.717, 1.165) is 4.47 Å². The SMILES string of the molecule is COc1ccc(C#N)c(Oc2cc(Br)ccc2Cl)c1. The van der Waals surface area contributed by atoms with Crippen molar-refractivity contribution in [1.82, 2.24) is 0 Å². The highest BCUT2D eigenvalue weighted by molar-refractivity contribution is 9.10. The summed E-state index contributed by atoms with van der Waals surface area (Å²) in [5, 5.41) is 9.54. The molecule has 0 spiro atoms. The van der Waals surface area contributed by atoms with E-state index >= 15 is 0 Å². The van der Waals surface area contributed by atoms with Crippen LogP contribution in [0.5, 0.6) is 17.2 Å². The fourth-order valence-corrected chi connectivity index (χ4v) is 1.98. The predicted molar refractivity (Wildman–Crippen MR) is 76.9 cm³/mol. The van der Waals surface area contributed by atoms with Crippen LogP contribution in [0.1, 0.15) is 5.56 Å². The predicted octanol–water partition coefficient (Wildman–Crippen LogP) is 4.78. The van der Waals surface area contributed by atoms with E-state index in [1.807, 2.05) is 6.07 Å². The van der Waals surface area contributed by atoms with Gasteiger partial charge in [0.15, 0.2) is 0 Å². The van der Waals surface area contributed by atoms with Crippen molar-refractivity contribution < 1.29 is 9.47 Å². The van der Waals surface area contributed by atoms with E-state index in [1.54, 1.807) is 37.4 Å². The zero-order valence-electron chi connectivity index (χ0n) is 9.98. The first-order valence-corrected chi connectivity index (χ1v) is 6.52. The quantitative estimate of drug-likeness (QED) is 0.809. The average Bonchev–Trinajstić information content (AvgIpc) is 2.42. The van der Waals surface area contributed by atoms with Crippen LogP contribution < -0.4 is 9.47 Å². The van der Waals surface area contributed by atoms with E-state index in [4.69, 9.17) is 26.3 Å². The second-order valence-electron chi connectivity index (χ2n) is 3.65. The van der Waals surface area contributed by atoms with Crippen molar-refractivity contribution in [3.8, 4) is 23.3 Å². The number of halogens is 2. The molecule has 2 aromatic carbocycles. The minimum Gasteiger partial charge on any atom is -0.497 e. The summed E-state index contributed by atoms with van der Waals surface area (Å²) in [6.07, 6.45) is 0. The van der Waals surface area contributed by atoms with Gasteiger partial charge >= 0.3 is 0 Å². The zero-order valence-corrected chi connectivity index (χ0v) is 12.3. The number of methoxy groups -OCH3 is 1. The minimum absolute atomic E-state index is 0.404. The van der Waals surface area contributed by atoms with Crippen LogP contribution >= 0.6 is 27.5 Å². The summed E-state index contributed by atoms with van der Waals surface area (Å²) < 4.78 is 11.6. The van der Waals surface area contributed by atoms with Gasteiger partial charge in [-0.25, -0.2) is 0 Å². The lowest BCUT2D eigenvalue weighted by Gasteiger charge is -2.10. The van der Waals surface area contributed by atoms with Crippen LogP contribution in [0.4, 0.5) is 0 Å². The van der Waals surface area contributed by atoms with Crippen molar-refractivity contribution in [2.24, 2.45) is 0 Å². The molecule has 0 saturated heterocycles. The van der Waals surface area contributed by atoms with E-state index in [9.17, 15) is 0 Å². The molecule has 96 valence electrons. The maximum atomic E-state index is 9.07. The second kappa shape index (κ2) is 5.96. The molecule has 0 fully saturated rings. The van der Waals surface area contributed by atoms with E-state index in [0.29, 0.717) is 27.8 Å². The maximum absolute atomic E-state index is 9.07. The minimum atomic E-state index is 0.404. The average molecular weight is 339 g/mol. The monoisotopic (exact) mass is 337 g/mol. The summed E-state index contributed by atoms with van der Waals surface area (Å²) in [6, 6.07) is 12.3. The summed E-state index contributed by atoms with van der Waals surface area (Å²) in [5.74, 6) is 1.49. The molecule has 2 aromatic rings. The largest absolute Gasteiger partial charge is 0.497 e. The molecule has 0 aliphatic heterocycles. The first kappa shape index (κ1) is 13.7. The lowest BCUT2D eigenvalue weighted by molar-refractivity contribution is 0.409. The molecular weight excluding hydrogens is 330 g/mol. The molecule has 0 atom stereocenters. The Labute approximate surface area is 124 Å². The number of benzene rings is 2. The summed E-state index contributed by atoms with van der Waals surface area (Å²) in [6.45, 7) is 0. The number of hydrogen-bond donors (Lipinski definition) is 0. The van der Waals surface area contributed by atoms with Gasteiger partial charge in [0, 0.05) is 10.5 Å². The van der Waals surface area contributed by atoms with Crippen molar-refractivity contribution >= 4 is 27.5 Å². The Bertz CT molecular complexity index is 652. The summed E-state index contributed by atoms with van der Waals surface area (Å²) in [4.78, 5) is 0. The number of ether oxygens (including phenoxy) is 2. The smallest absolute Gasteiger partial charge is 0.148 e. The highest BCUT2D eigenvalue weighted by Gasteiger charge is 2.09. The molecule has 19 heavy (non-hydrogen) atoms. The van der Waals surface area contributed by atoms with Gasteiger partial charge in [-0.1, -0.05) is 27.5 Å². The fraction of sp³-hybridized carbons (Fsp3) is 0.0714. The number of nitrogens with zero attached hydrogens (tertiary/aromatic N) is 1. The third-order valence-corrected chi connectivity index (χ3v) is 3.23. The summed E-state index contributed by atoms with van der Waals surface area (Å²) in [7, 11) is 1.55. The molecule has 0 unspecified atom stereocenters. The third kappa shape index (κ3) is 3.19. The molecule has 0 N–H and O–H groups in total. The molecule has 3 nitrogen and oxygen atoms in total. The normalized spacial score (nSPS) is 9.79. The highest BCUT2D eigenvalue weighted by atomic mass is 79.9. The number of nitriles is 1. The topological polar surface area (TPSA) is 42.2 Å². The molecular formula is C14H9BrClNO2. The van der Waals surface area contributed by atoms with Crippen LogP contribution in [0.2, 0.25) is 5.02 Å². The Morgan fingerprint density at radius 1 is 1.16 bits per heavy atom. The molecule has 5 heteroatoms. The molecule has 0 bridgehead atoms. The van der Waals surface area contributed by atoms with Gasteiger partial charge in [0.2, 0.25) is 0 Å². The first-order chi connectivity index (χ1) is 9.13. The standard InChI is InChI=1S/C14H9BrClNO2/c1-18-11-4-2-9(8-17)13(7-11)19-14-6-10(15)3-5-12(14)16/h2-7H,1H3. The fourth-order valence-electron chi connectivity index (χ4n) is 1.48. The van der Waals surface area contributed by atoms with Gasteiger partial charge < -0.3 is 9.47 Å². The van der Waals surface area contributed by atoms with Crippen LogP contribution in [0.3, 0.4) is 0 Å². The lowest BCUT2D eigenvalue weighted by Crippen LogP contribution is -1.91. The molecule has 0 heterocycles. The van der Waals surface area contributed by atoms with Crippen LogP contribution in [-0.2, 0) is 0 Å². The Hall–Kier alpha value is -1.70. The molecule has 0 saturated carbocycles. The lowest BCUT2D eigenvalue weighted by atomic mass is 10.2. The zero-order chi connectivity index (χ0) is 13.8. The van der Waals surface area contributed by atoms with Crippen molar-refractivity contribution in [3.05, 3.63) is 51.5 Å². The maximum Gasteiger partial charge on any atom is 0.148 e. The molecule has 2 rings (SSSR count). The van der Waals surface area contributed by atoms with Gasteiger partial charge in [0.1, 0.15) is 23.3 Å². The van der Waals surface area contributed by atoms with Crippen molar-refractivity contribution in [1.29, 1.82) is 5.26 Å². The highest BCUT2D eigenvalue weighted by Crippen LogP contribution is 2.34. The van der Waals surface area contributed by atoms with Gasteiger partial charge in [-0.3, -0.25) is 0 Å². The van der Waals surface area contributed by atoms with Crippen LogP contribution in [0.15, 0.2) is 40.9 Å². The molecule has 0 aliphatic rings. The molecule has 0 amide bonds.